The van der Waals surface area contributed by atoms with Crippen LogP contribution in [0.25, 0.3) is 10.9 Å². The maximum atomic E-state index is 6.24. The lowest BCUT2D eigenvalue weighted by atomic mass is 10.1. The van der Waals surface area contributed by atoms with E-state index in [-0.39, 0.29) is 6.04 Å². The Morgan fingerprint density at radius 3 is 2.52 bits per heavy atom. The van der Waals surface area contributed by atoms with E-state index in [0.29, 0.717) is 0 Å². The Morgan fingerprint density at radius 2 is 1.67 bits per heavy atom. The van der Waals surface area contributed by atoms with Crippen LogP contribution in [0.5, 0.6) is 0 Å². The van der Waals surface area contributed by atoms with E-state index in [1.807, 2.05) is 24.3 Å². The molecule has 21 heavy (non-hydrogen) atoms. The molecule has 0 spiro atoms. The molecule has 2 nitrogen and oxygen atoms in total. The molecule has 3 rings (SSSR count). The van der Waals surface area contributed by atoms with Gasteiger partial charge >= 0.3 is 0 Å². The highest BCUT2D eigenvalue weighted by Gasteiger charge is 2.07. The Hall–Kier alpha value is -1.84. The summed E-state index contributed by atoms with van der Waals surface area (Å²) in [5.74, 6) is 0.901. The van der Waals surface area contributed by atoms with Crippen LogP contribution in [-0.2, 0) is 6.42 Å². The molecule has 0 fully saturated rings. The van der Waals surface area contributed by atoms with Gasteiger partial charge in [0.05, 0.1) is 5.52 Å². The van der Waals surface area contributed by atoms with Gasteiger partial charge in [0.15, 0.2) is 0 Å². The molecule has 2 aromatic carbocycles. The molecule has 3 aromatic rings. The summed E-state index contributed by atoms with van der Waals surface area (Å²) in [5.41, 5.74) is 8.34. The van der Waals surface area contributed by atoms with Crippen LogP contribution in [0.4, 0.5) is 0 Å². The standard InChI is InChI=1S/C18H18N2S/c19-15(13-21-17-7-2-1-3-8-17)12-16-11-10-14-6-4-5-9-18(14)20-16/h1-11,15H,12-13,19H2. The van der Waals surface area contributed by atoms with Crippen LogP contribution in [0, 0.1) is 0 Å². The predicted molar refractivity (Wildman–Crippen MR) is 90.6 cm³/mol. The monoisotopic (exact) mass is 294 g/mol. The third-order valence-electron chi connectivity index (χ3n) is 3.33. The SMILES string of the molecule is NC(CSc1ccccc1)Cc1ccc2ccccc2n1. The van der Waals surface area contributed by atoms with E-state index < -0.39 is 0 Å². The molecule has 3 heteroatoms. The van der Waals surface area contributed by atoms with Crippen molar-refractivity contribution >= 4 is 22.7 Å². The molecular formula is C18H18N2S. The second-order valence-corrected chi connectivity index (χ2v) is 6.18. The number of thioether (sulfide) groups is 1. The number of benzene rings is 2. The molecule has 1 heterocycles. The summed E-state index contributed by atoms with van der Waals surface area (Å²) < 4.78 is 0. The van der Waals surface area contributed by atoms with Crippen LogP contribution < -0.4 is 5.73 Å². The van der Waals surface area contributed by atoms with E-state index in [0.717, 1.165) is 23.4 Å². The fourth-order valence-electron chi connectivity index (χ4n) is 2.27. The number of rotatable bonds is 5. The first-order valence-corrected chi connectivity index (χ1v) is 8.08. The van der Waals surface area contributed by atoms with Gasteiger partial charge in [0, 0.05) is 34.2 Å². The minimum atomic E-state index is 0.115. The van der Waals surface area contributed by atoms with Crippen LogP contribution in [0.3, 0.4) is 0 Å². The number of nitrogens with zero attached hydrogens (tertiary/aromatic N) is 1. The summed E-state index contributed by atoms with van der Waals surface area (Å²) in [7, 11) is 0. The highest BCUT2D eigenvalue weighted by Crippen LogP contribution is 2.19. The van der Waals surface area contributed by atoms with Gasteiger partial charge in [0.2, 0.25) is 0 Å². The number of pyridine rings is 1. The van der Waals surface area contributed by atoms with E-state index >= 15 is 0 Å². The average Bonchev–Trinajstić information content (AvgIpc) is 2.54. The molecule has 106 valence electrons. The number of hydrogen-bond donors (Lipinski definition) is 1. The lowest BCUT2D eigenvalue weighted by Gasteiger charge is -2.11. The first-order chi connectivity index (χ1) is 10.3. The topological polar surface area (TPSA) is 38.9 Å². The van der Waals surface area contributed by atoms with E-state index in [1.54, 1.807) is 11.8 Å². The van der Waals surface area contributed by atoms with Gasteiger partial charge in [-0.15, -0.1) is 11.8 Å². The van der Waals surface area contributed by atoms with Crippen molar-refractivity contribution in [1.29, 1.82) is 0 Å². The smallest absolute Gasteiger partial charge is 0.0705 e. The summed E-state index contributed by atoms with van der Waals surface area (Å²) in [4.78, 5) is 5.94. The highest BCUT2D eigenvalue weighted by molar-refractivity contribution is 7.99. The summed E-state index contributed by atoms with van der Waals surface area (Å²) in [5, 5.41) is 1.17. The fourth-order valence-corrected chi connectivity index (χ4v) is 3.14. The Kier molecular flexibility index (Phi) is 4.53. The normalized spacial score (nSPS) is 12.4. The van der Waals surface area contributed by atoms with Crippen molar-refractivity contribution in [1.82, 2.24) is 4.98 Å². The molecule has 1 unspecified atom stereocenters. The molecule has 0 saturated carbocycles. The minimum Gasteiger partial charge on any atom is -0.327 e. The second-order valence-electron chi connectivity index (χ2n) is 5.08. The summed E-state index contributed by atoms with van der Waals surface area (Å²) in [6.45, 7) is 0. The van der Waals surface area contributed by atoms with Crippen molar-refractivity contribution in [2.45, 2.75) is 17.4 Å². The van der Waals surface area contributed by atoms with Crippen LogP contribution >= 0.6 is 11.8 Å². The Balaban J connectivity index is 1.62. The van der Waals surface area contributed by atoms with Gasteiger partial charge in [0.25, 0.3) is 0 Å². The Labute approximate surface area is 129 Å². The van der Waals surface area contributed by atoms with Crippen molar-refractivity contribution in [2.75, 3.05) is 5.75 Å². The Morgan fingerprint density at radius 1 is 0.905 bits per heavy atom. The lowest BCUT2D eigenvalue weighted by Crippen LogP contribution is -2.26. The zero-order valence-electron chi connectivity index (χ0n) is 11.8. The molecule has 2 N–H and O–H groups in total. The van der Waals surface area contributed by atoms with Crippen LogP contribution in [0.2, 0.25) is 0 Å². The molecule has 0 aliphatic carbocycles. The maximum absolute atomic E-state index is 6.24. The number of fused-ring (bicyclic) bond motifs is 1. The van der Waals surface area contributed by atoms with Crippen LogP contribution in [-0.4, -0.2) is 16.8 Å². The molecule has 0 amide bonds. The quantitative estimate of drug-likeness (QED) is 0.725. The van der Waals surface area contributed by atoms with Gasteiger partial charge in [-0.2, -0.15) is 0 Å². The predicted octanol–water partition coefficient (Wildman–Crippen LogP) is 3.90. The summed E-state index contributed by atoms with van der Waals surface area (Å²) in [6.07, 6.45) is 0.810. The summed E-state index contributed by atoms with van der Waals surface area (Å²) in [6, 6.07) is 22.9. The zero-order chi connectivity index (χ0) is 14.5. The number of nitrogens with two attached hydrogens (primary N) is 1. The van der Waals surface area contributed by atoms with Gasteiger partial charge in [-0.3, -0.25) is 4.98 Å². The van der Waals surface area contributed by atoms with E-state index in [9.17, 15) is 0 Å². The van der Waals surface area contributed by atoms with Crippen molar-refractivity contribution in [3.05, 3.63) is 72.4 Å². The van der Waals surface area contributed by atoms with Gasteiger partial charge < -0.3 is 5.73 Å². The molecule has 1 aromatic heterocycles. The molecule has 1 atom stereocenters. The number of aromatic nitrogens is 1. The third-order valence-corrected chi connectivity index (χ3v) is 4.54. The van der Waals surface area contributed by atoms with Gasteiger partial charge in [-0.05, 0) is 24.3 Å². The zero-order valence-corrected chi connectivity index (χ0v) is 12.6. The fraction of sp³-hybridized carbons (Fsp3) is 0.167. The molecule has 0 aliphatic rings. The molecule has 0 aliphatic heterocycles. The highest BCUT2D eigenvalue weighted by atomic mass is 32.2. The maximum Gasteiger partial charge on any atom is 0.0705 e. The lowest BCUT2D eigenvalue weighted by molar-refractivity contribution is 0.734. The van der Waals surface area contributed by atoms with Crippen LogP contribution in [0.1, 0.15) is 5.69 Å². The van der Waals surface area contributed by atoms with Gasteiger partial charge in [-0.25, -0.2) is 0 Å². The summed E-state index contributed by atoms with van der Waals surface area (Å²) >= 11 is 1.80. The van der Waals surface area contributed by atoms with E-state index in [1.165, 1.54) is 10.3 Å². The number of para-hydroxylation sites is 1. The van der Waals surface area contributed by atoms with Gasteiger partial charge in [-0.1, -0.05) is 42.5 Å². The van der Waals surface area contributed by atoms with Crippen molar-refractivity contribution in [3.8, 4) is 0 Å². The first kappa shape index (κ1) is 14.1. The van der Waals surface area contributed by atoms with Crippen LogP contribution in [0.15, 0.2) is 71.6 Å². The first-order valence-electron chi connectivity index (χ1n) is 7.09. The molecule has 0 radical (unpaired) electrons. The minimum absolute atomic E-state index is 0.115. The van der Waals surface area contributed by atoms with Crippen molar-refractivity contribution in [3.63, 3.8) is 0 Å². The third kappa shape index (κ3) is 3.84. The second kappa shape index (κ2) is 6.74. The molecule has 0 bridgehead atoms. The largest absolute Gasteiger partial charge is 0.327 e. The van der Waals surface area contributed by atoms with Crippen molar-refractivity contribution < 1.29 is 0 Å². The number of hydrogen-bond acceptors (Lipinski definition) is 3. The van der Waals surface area contributed by atoms with Gasteiger partial charge in [0.1, 0.15) is 0 Å². The molecule has 0 saturated heterocycles. The molecular weight excluding hydrogens is 276 g/mol. The average molecular weight is 294 g/mol. The van der Waals surface area contributed by atoms with E-state index in [4.69, 9.17) is 5.73 Å². The Bertz CT molecular complexity index is 712. The van der Waals surface area contributed by atoms with Crippen molar-refractivity contribution in [2.24, 2.45) is 5.73 Å². The van der Waals surface area contributed by atoms with E-state index in [2.05, 4.69) is 47.4 Å².